The summed E-state index contributed by atoms with van der Waals surface area (Å²) in [4.78, 5) is 35.7. The number of rotatable bonds is 4. The van der Waals surface area contributed by atoms with Crippen molar-refractivity contribution in [1.29, 1.82) is 0 Å². The van der Waals surface area contributed by atoms with Gasteiger partial charge in [-0.3, -0.25) is 14.2 Å². The molecule has 9 nitrogen and oxygen atoms in total. The monoisotopic (exact) mass is 407 g/mol. The van der Waals surface area contributed by atoms with E-state index in [4.69, 9.17) is 0 Å². The molecular formula is C17H18FN5O4S. The van der Waals surface area contributed by atoms with Gasteiger partial charge < -0.3 is 5.11 Å². The number of amides is 1. The second-order valence-corrected chi connectivity index (χ2v) is 7.38. The van der Waals surface area contributed by atoms with Gasteiger partial charge in [0, 0.05) is 25.2 Å². The number of fused-ring (bicyclic) bond motifs is 1. The van der Waals surface area contributed by atoms with Gasteiger partial charge in [-0.15, -0.1) is 0 Å². The molecule has 1 heterocycles. The van der Waals surface area contributed by atoms with Gasteiger partial charge in [0.1, 0.15) is 11.6 Å². The molecule has 148 valence electrons. The first-order chi connectivity index (χ1) is 13.2. The lowest BCUT2D eigenvalue weighted by Gasteiger charge is -2.06. The molecule has 28 heavy (non-hydrogen) atoms. The maximum absolute atomic E-state index is 14.0. The Morgan fingerprint density at radius 1 is 1.43 bits per heavy atom. The molecule has 0 aliphatic heterocycles. The molecule has 11 heteroatoms. The summed E-state index contributed by atoms with van der Waals surface area (Å²) in [5.41, 5.74) is 2.26. The molecule has 0 radical (unpaired) electrons. The third-order valence-electron chi connectivity index (χ3n) is 4.40. The molecule has 1 amide bonds. The number of benzene rings is 1. The van der Waals surface area contributed by atoms with Crippen LogP contribution >= 0.6 is 11.8 Å². The van der Waals surface area contributed by atoms with Crippen LogP contribution in [0.4, 0.5) is 4.39 Å². The minimum Gasteiger partial charge on any atom is -0.507 e. The van der Waals surface area contributed by atoms with Crippen LogP contribution < -0.4 is 16.7 Å². The van der Waals surface area contributed by atoms with E-state index in [1.807, 2.05) is 6.92 Å². The lowest BCUT2D eigenvalue weighted by Crippen LogP contribution is -2.39. The topological polar surface area (TPSA) is 119 Å². The molecule has 1 aliphatic rings. The van der Waals surface area contributed by atoms with Gasteiger partial charge in [-0.2, -0.15) is 10.2 Å². The highest BCUT2D eigenvalue weighted by atomic mass is 32.2. The molecule has 1 aliphatic carbocycles. The number of phenols is 1. The lowest BCUT2D eigenvalue weighted by molar-refractivity contribution is -0.118. The van der Waals surface area contributed by atoms with Gasteiger partial charge in [-0.25, -0.2) is 19.3 Å². The molecule has 2 aromatic rings. The number of nitrogens with zero attached hydrogens (tertiary/aromatic N) is 4. The van der Waals surface area contributed by atoms with E-state index >= 15 is 0 Å². The Balaban J connectivity index is 1.72. The van der Waals surface area contributed by atoms with Gasteiger partial charge in [0.2, 0.25) is 5.91 Å². The molecule has 2 N–H and O–H groups in total. The average Bonchev–Trinajstić information content (AvgIpc) is 3.00. The zero-order valence-electron chi connectivity index (χ0n) is 15.4. The van der Waals surface area contributed by atoms with Gasteiger partial charge in [-0.05, 0) is 24.5 Å². The first kappa shape index (κ1) is 19.8. The highest BCUT2D eigenvalue weighted by molar-refractivity contribution is 7.99. The minimum atomic E-state index is -0.592. The van der Waals surface area contributed by atoms with Crippen LogP contribution in [0.3, 0.4) is 0 Å². The summed E-state index contributed by atoms with van der Waals surface area (Å²) in [6.07, 6.45) is 0.375. The number of hydrogen-bond acceptors (Lipinski definition) is 7. The number of thioether (sulfide) groups is 1. The van der Waals surface area contributed by atoms with Crippen molar-refractivity contribution >= 4 is 23.4 Å². The van der Waals surface area contributed by atoms with Crippen molar-refractivity contribution < 1.29 is 14.3 Å². The second-order valence-electron chi connectivity index (χ2n) is 6.42. The van der Waals surface area contributed by atoms with Crippen LogP contribution in [-0.4, -0.2) is 36.8 Å². The standard InChI is InChI=1S/C17H18FN5O4S/c1-8-6-10(14-11(24)5-4-9(18)13(8)14)19-20-12(25)7-28-15-16(26)22(2)17(27)23(3)21-15/h4-5,8,24H,6-7H2,1-3H3,(H,20,25)/b19-10+/t8-/m1/s1. The Labute approximate surface area is 162 Å². The fourth-order valence-electron chi connectivity index (χ4n) is 3.02. The van der Waals surface area contributed by atoms with Gasteiger partial charge in [0.05, 0.1) is 11.5 Å². The van der Waals surface area contributed by atoms with Crippen LogP contribution in [0, 0.1) is 5.82 Å². The maximum Gasteiger partial charge on any atom is 0.346 e. The summed E-state index contributed by atoms with van der Waals surface area (Å²) >= 11 is 0.872. The summed E-state index contributed by atoms with van der Waals surface area (Å²) < 4.78 is 15.9. The second kappa shape index (κ2) is 7.58. The van der Waals surface area contributed by atoms with E-state index in [1.165, 1.54) is 26.2 Å². The van der Waals surface area contributed by atoms with Crippen LogP contribution in [0.1, 0.15) is 30.4 Å². The Morgan fingerprint density at radius 2 is 2.14 bits per heavy atom. The highest BCUT2D eigenvalue weighted by Crippen LogP contribution is 2.39. The highest BCUT2D eigenvalue weighted by Gasteiger charge is 2.30. The number of carbonyl (C=O) groups is 1. The van der Waals surface area contributed by atoms with Crippen molar-refractivity contribution in [1.82, 2.24) is 19.8 Å². The number of hydrazone groups is 1. The number of aromatic hydroxyl groups is 1. The van der Waals surface area contributed by atoms with E-state index in [0.717, 1.165) is 21.0 Å². The lowest BCUT2D eigenvalue weighted by atomic mass is 10.0. The quantitative estimate of drug-likeness (QED) is 0.561. The Bertz CT molecular complexity index is 1110. The number of nitrogens with one attached hydrogen (secondary N) is 1. The molecular weight excluding hydrogens is 389 g/mol. The van der Waals surface area contributed by atoms with Crippen LogP contribution in [0.5, 0.6) is 5.75 Å². The van der Waals surface area contributed by atoms with Crippen molar-refractivity contribution in [3.63, 3.8) is 0 Å². The van der Waals surface area contributed by atoms with E-state index in [1.54, 1.807) is 0 Å². The molecule has 0 bridgehead atoms. The van der Waals surface area contributed by atoms with E-state index in [-0.39, 0.29) is 22.4 Å². The molecule has 0 spiro atoms. The molecule has 0 saturated heterocycles. The number of hydrogen-bond donors (Lipinski definition) is 2. The maximum atomic E-state index is 14.0. The average molecular weight is 407 g/mol. The normalized spacial score (nSPS) is 17.0. The van der Waals surface area contributed by atoms with Crippen LogP contribution in [0.25, 0.3) is 0 Å². The molecule has 1 aromatic carbocycles. The van der Waals surface area contributed by atoms with Gasteiger partial charge in [0.15, 0.2) is 5.03 Å². The first-order valence-electron chi connectivity index (χ1n) is 8.35. The van der Waals surface area contributed by atoms with Crippen LogP contribution in [-0.2, 0) is 18.9 Å². The summed E-state index contributed by atoms with van der Waals surface area (Å²) in [5, 5.41) is 17.9. The molecule has 1 aromatic heterocycles. The molecule has 1 atom stereocenters. The Hall–Kier alpha value is -2.95. The van der Waals surface area contributed by atoms with Crippen molar-refractivity contribution in [2.75, 3.05) is 5.75 Å². The number of aromatic nitrogens is 3. The van der Waals surface area contributed by atoms with E-state index < -0.39 is 23.0 Å². The van der Waals surface area contributed by atoms with E-state index in [0.29, 0.717) is 23.3 Å². The summed E-state index contributed by atoms with van der Waals surface area (Å²) in [7, 11) is 2.73. The predicted molar refractivity (Wildman–Crippen MR) is 101 cm³/mol. The number of halogens is 1. The van der Waals surface area contributed by atoms with Gasteiger partial charge >= 0.3 is 5.69 Å². The van der Waals surface area contributed by atoms with E-state index in [2.05, 4.69) is 15.6 Å². The molecule has 0 saturated carbocycles. The van der Waals surface area contributed by atoms with Crippen LogP contribution in [0.15, 0.2) is 31.8 Å². The predicted octanol–water partition coefficient (Wildman–Crippen LogP) is 0.444. The first-order valence-corrected chi connectivity index (χ1v) is 9.33. The summed E-state index contributed by atoms with van der Waals surface area (Å²) in [6.45, 7) is 1.81. The number of aryl methyl sites for hydroxylation is 1. The third kappa shape index (κ3) is 3.57. The molecule has 3 rings (SSSR count). The Morgan fingerprint density at radius 3 is 2.86 bits per heavy atom. The zero-order valence-corrected chi connectivity index (χ0v) is 16.2. The van der Waals surface area contributed by atoms with Crippen molar-refractivity contribution in [2.45, 2.75) is 24.3 Å². The fourth-order valence-corrected chi connectivity index (χ4v) is 3.79. The summed E-state index contributed by atoms with van der Waals surface area (Å²) in [5.74, 6) is -1.36. The number of phenolic OH excluding ortho intramolecular Hbond substituents is 1. The molecule has 0 fully saturated rings. The van der Waals surface area contributed by atoms with Gasteiger partial charge in [0.25, 0.3) is 5.56 Å². The van der Waals surface area contributed by atoms with Crippen molar-refractivity contribution in [3.05, 3.63) is 49.9 Å². The van der Waals surface area contributed by atoms with Crippen LogP contribution in [0.2, 0.25) is 0 Å². The fraction of sp³-hybridized carbons (Fsp3) is 0.353. The third-order valence-corrected chi connectivity index (χ3v) is 5.34. The SMILES string of the molecule is C[C@@H]1C/C(=N\NC(=O)CSc2nn(C)c(=O)n(C)c2=O)c2c(O)ccc(F)c21. The zero-order chi connectivity index (χ0) is 20.6. The van der Waals surface area contributed by atoms with Gasteiger partial charge in [-0.1, -0.05) is 18.7 Å². The smallest absolute Gasteiger partial charge is 0.346 e. The van der Waals surface area contributed by atoms with Crippen molar-refractivity contribution in [3.8, 4) is 5.75 Å². The van der Waals surface area contributed by atoms with Crippen molar-refractivity contribution in [2.24, 2.45) is 19.2 Å². The van der Waals surface area contributed by atoms with E-state index in [9.17, 15) is 23.9 Å². The Kier molecular flexibility index (Phi) is 5.36. The number of carbonyl (C=O) groups excluding carboxylic acids is 1. The largest absolute Gasteiger partial charge is 0.507 e. The molecule has 0 unspecified atom stereocenters. The summed E-state index contributed by atoms with van der Waals surface area (Å²) in [6, 6.07) is 2.45. The minimum absolute atomic E-state index is 0.00644.